The molecule has 1 aliphatic heterocycles. The maximum absolute atomic E-state index is 12.5. The second kappa shape index (κ2) is 4.86. The topological polar surface area (TPSA) is 46.6 Å². The summed E-state index contributed by atoms with van der Waals surface area (Å²) in [7, 11) is 0. The van der Waals surface area contributed by atoms with Crippen molar-refractivity contribution >= 4 is 12.0 Å². The van der Waals surface area contributed by atoms with E-state index in [9.17, 15) is 9.59 Å². The van der Waals surface area contributed by atoms with Crippen molar-refractivity contribution < 1.29 is 14.3 Å². The highest BCUT2D eigenvalue weighted by Gasteiger charge is 2.54. The number of piperidine rings is 1. The van der Waals surface area contributed by atoms with Crippen molar-refractivity contribution in [2.45, 2.75) is 51.2 Å². The molecule has 4 heteroatoms. The van der Waals surface area contributed by atoms with Gasteiger partial charge in [-0.2, -0.15) is 0 Å². The predicted molar refractivity (Wildman–Crippen MR) is 78.8 cm³/mol. The van der Waals surface area contributed by atoms with Crippen molar-refractivity contribution in [1.29, 1.82) is 0 Å². The number of hydrogen-bond donors (Lipinski definition) is 0. The number of amides is 2. The summed E-state index contributed by atoms with van der Waals surface area (Å²) in [4.78, 5) is 26.0. The number of likely N-dealkylation sites (tertiary alicyclic amines) is 1. The minimum Gasteiger partial charge on any atom is -0.443 e. The Morgan fingerprint density at radius 1 is 1.14 bits per heavy atom. The molecule has 3 rings (SSSR count). The molecule has 2 fully saturated rings. The molecule has 0 aromatic heterocycles. The summed E-state index contributed by atoms with van der Waals surface area (Å²) in [5.41, 5.74) is 0.625. The van der Waals surface area contributed by atoms with Gasteiger partial charge in [0.1, 0.15) is 5.60 Å². The zero-order valence-corrected chi connectivity index (χ0v) is 12.7. The van der Waals surface area contributed by atoms with Gasteiger partial charge in [0.15, 0.2) is 0 Å². The fourth-order valence-electron chi connectivity index (χ4n) is 3.47. The molecule has 0 radical (unpaired) electrons. The van der Waals surface area contributed by atoms with E-state index in [1.165, 1.54) is 10.5 Å². The Morgan fingerprint density at radius 2 is 1.76 bits per heavy atom. The van der Waals surface area contributed by atoms with Gasteiger partial charge in [-0.05, 0) is 45.1 Å². The molecule has 112 valence electrons. The van der Waals surface area contributed by atoms with Crippen LogP contribution in [-0.4, -0.2) is 28.5 Å². The predicted octanol–water partition coefficient (Wildman–Crippen LogP) is 3.33. The minimum absolute atomic E-state index is 0.0115. The average Bonchev–Trinajstić information content (AvgIpc) is 2.95. The van der Waals surface area contributed by atoms with Crippen LogP contribution in [0.2, 0.25) is 0 Å². The van der Waals surface area contributed by atoms with Crippen LogP contribution >= 0.6 is 0 Å². The molecule has 1 aliphatic carbocycles. The molecule has 1 aromatic rings. The van der Waals surface area contributed by atoms with E-state index in [-0.39, 0.29) is 23.8 Å². The van der Waals surface area contributed by atoms with Crippen LogP contribution in [0.25, 0.3) is 0 Å². The lowest BCUT2D eigenvalue weighted by Gasteiger charge is -2.31. The van der Waals surface area contributed by atoms with E-state index in [1.54, 1.807) is 0 Å². The lowest BCUT2D eigenvalue weighted by Crippen LogP contribution is -2.46. The molecule has 0 spiro atoms. The molecule has 4 nitrogen and oxygen atoms in total. The highest BCUT2D eigenvalue weighted by molar-refractivity contribution is 5.97. The van der Waals surface area contributed by atoms with Gasteiger partial charge in [-0.1, -0.05) is 30.3 Å². The smallest absolute Gasteiger partial charge is 0.417 e. The minimum atomic E-state index is -0.571. The Morgan fingerprint density at radius 3 is 2.33 bits per heavy atom. The molecule has 1 heterocycles. The molecule has 21 heavy (non-hydrogen) atoms. The molecule has 1 saturated carbocycles. The fourth-order valence-corrected chi connectivity index (χ4v) is 3.47. The first kappa shape index (κ1) is 14.1. The fraction of sp³-hybridized carbons (Fsp3) is 0.529. The van der Waals surface area contributed by atoms with E-state index in [1.807, 2.05) is 39.0 Å². The van der Waals surface area contributed by atoms with Crippen LogP contribution in [0.5, 0.6) is 0 Å². The maximum atomic E-state index is 12.5. The second-order valence-corrected chi connectivity index (χ2v) is 6.94. The van der Waals surface area contributed by atoms with Crippen LogP contribution in [0, 0.1) is 5.92 Å². The van der Waals surface area contributed by atoms with Gasteiger partial charge in [0.25, 0.3) is 0 Å². The van der Waals surface area contributed by atoms with E-state index in [4.69, 9.17) is 4.74 Å². The summed E-state index contributed by atoms with van der Waals surface area (Å²) < 4.78 is 5.35. The monoisotopic (exact) mass is 287 g/mol. The standard InChI is InChI=1S/C17H21NO3/c1-17(2,3)21-16(20)18-12-9-13(14(10-12)15(18)19)11-7-5-4-6-8-11/h4-8,12-14H,9-10H2,1-3H3/t12-,13+,14-/m0/s1. The number of carbonyl (C=O) groups excluding carboxylic acids is 2. The van der Waals surface area contributed by atoms with Crippen molar-refractivity contribution in [3.05, 3.63) is 35.9 Å². The summed E-state index contributed by atoms with van der Waals surface area (Å²) in [6.45, 7) is 5.45. The largest absolute Gasteiger partial charge is 0.443 e. The molecule has 1 saturated heterocycles. The van der Waals surface area contributed by atoms with E-state index in [0.717, 1.165) is 12.8 Å². The molecule has 3 atom stereocenters. The third-order valence-electron chi connectivity index (χ3n) is 4.28. The van der Waals surface area contributed by atoms with Crippen LogP contribution in [0.1, 0.15) is 45.1 Å². The Hall–Kier alpha value is -1.84. The molecule has 2 aliphatic rings. The summed E-state index contributed by atoms with van der Waals surface area (Å²) >= 11 is 0. The van der Waals surface area contributed by atoms with Gasteiger partial charge in [-0.25, -0.2) is 9.69 Å². The van der Waals surface area contributed by atoms with Crippen molar-refractivity contribution in [1.82, 2.24) is 4.90 Å². The number of benzene rings is 1. The first-order chi connectivity index (χ1) is 9.87. The number of hydrogen-bond acceptors (Lipinski definition) is 3. The van der Waals surface area contributed by atoms with E-state index in [2.05, 4.69) is 12.1 Å². The summed E-state index contributed by atoms with van der Waals surface area (Å²) in [5, 5.41) is 0. The normalized spacial score (nSPS) is 28.0. The van der Waals surface area contributed by atoms with E-state index >= 15 is 0 Å². The van der Waals surface area contributed by atoms with Gasteiger partial charge in [0.2, 0.25) is 5.91 Å². The molecule has 1 aromatic carbocycles. The number of carbonyl (C=O) groups is 2. The first-order valence-corrected chi connectivity index (χ1v) is 7.48. The Bertz CT molecular complexity index is 561. The van der Waals surface area contributed by atoms with E-state index < -0.39 is 11.7 Å². The summed E-state index contributed by atoms with van der Waals surface area (Å²) in [6.07, 6.45) is 1.11. The second-order valence-electron chi connectivity index (χ2n) is 6.94. The SMILES string of the molecule is CC(C)(C)OC(=O)N1C(=O)[C@H]2C[C@@H]1C[C@@H]2c1ccccc1. The quantitative estimate of drug-likeness (QED) is 0.796. The molecule has 0 N–H and O–H groups in total. The van der Waals surface area contributed by atoms with Gasteiger partial charge in [0.05, 0.1) is 0 Å². The highest BCUT2D eigenvalue weighted by Crippen LogP contribution is 2.48. The van der Waals surface area contributed by atoms with Crippen LogP contribution in [0.3, 0.4) is 0 Å². The highest BCUT2D eigenvalue weighted by atomic mass is 16.6. The van der Waals surface area contributed by atoms with Crippen molar-refractivity contribution in [2.24, 2.45) is 5.92 Å². The van der Waals surface area contributed by atoms with Crippen molar-refractivity contribution in [3.63, 3.8) is 0 Å². The molecular formula is C17H21NO3. The number of nitrogens with zero attached hydrogens (tertiary/aromatic N) is 1. The summed E-state index contributed by atoms with van der Waals surface area (Å²) in [6, 6.07) is 10.1. The Balaban J connectivity index is 1.75. The van der Waals surface area contributed by atoms with Gasteiger partial charge in [-0.3, -0.25) is 4.79 Å². The van der Waals surface area contributed by atoms with Crippen molar-refractivity contribution in [3.8, 4) is 0 Å². The van der Waals surface area contributed by atoms with E-state index in [0.29, 0.717) is 0 Å². The number of rotatable bonds is 1. The van der Waals surface area contributed by atoms with Gasteiger partial charge in [0, 0.05) is 12.0 Å². The van der Waals surface area contributed by atoms with Gasteiger partial charge < -0.3 is 4.74 Å². The van der Waals surface area contributed by atoms with Crippen LogP contribution < -0.4 is 0 Å². The van der Waals surface area contributed by atoms with Crippen LogP contribution in [-0.2, 0) is 9.53 Å². The Labute approximate surface area is 125 Å². The zero-order chi connectivity index (χ0) is 15.2. The molecule has 2 amide bonds. The zero-order valence-electron chi connectivity index (χ0n) is 12.7. The first-order valence-electron chi connectivity index (χ1n) is 7.48. The third-order valence-corrected chi connectivity index (χ3v) is 4.28. The molecule has 0 unspecified atom stereocenters. The number of ether oxygens (including phenoxy) is 1. The van der Waals surface area contributed by atoms with Crippen LogP contribution in [0.4, 0.5) is 4.79 Å². The van der Waals surface area contributed by atoms with Crippen molar-refractivity contribution in [2.75, 3.05) is 0 Å². The molecule has 2 bridgehead atoms. The summed E-state index contributed by atoms with van der Waals surface area (Å²) in [5.74, 6) is 0.0849. The third kappa shape index (κ3) is 2.55. The molecular weight excluding hydrogens is 266 g/mol. The number of fused-ring (bicyclic) bond motifs is 2. The number of imide groups is 1. The Kier molecular flexibility index (Phi) is 3.27. The lowest BCUT2D eigenvalue weighted by molar-refractivity contribution is -0.133. The van der Waals surface area contributed by atoms with Gasteiger partial charge in [-0.15, -0.1) is 0 Å². The van der Waals surface area contributed by atoms with Gasteiger partial charge >= 0.3 is 6.09 Å². The van der Waals surface area contributed by atoms with Crippen LogP contribution in [0.15, 0.2) is 30.3 Å². The lowest BCUT2D eigenvalue weighted by atomic mass is 9.87. The average molecular weight is 287 g/mol. The maximum Gasteiger partial charge on any atom is 0.417 e.